The average Bonchev–Trinajstić information content (AvgIpc) is 2.54. The van der Waals surface area contributed by atoms with Crippen molar-refractivity contribution in [3.05, 3.63) is 42.7 Å². The molecule has 0 aliphatic rings. The molecule has 1 aromatic heterocycles. The number of hydrogen-bond donors (Lipinski definition) is 2. The van der Waals surface area contributed by atoms with Crippen LogP contribution in [0.25, 0.3) is 11.1 Å². The summed E-state index contributed by atoms with van der Waals surface area (Å²) in [6.07, 6.45) is 4.56. The molecule has 0 aliphatic carbocycles. The van der Waals surface area contributed by atoms with Crippen LogP contribution >= 0.6 is 24.8 Å². The highest BCUT2D eigenvalue weighted by Gasteiger charge is 2.10. The van der Waals surface area contributed by atoms with Gasteiger partial charge in [-0.05, 0) is 38.1 Å². The highest BCUT2D eigenvalue weighted by atomic mass is 35.5. The predicted octanol–water partition coefficient (Wildman–Crippen LogP) is 3.67. The molecule has 0 unspecified atom stereocenters. The van der Waals surface area contributed by atoms with Gasteiger partial charge in [0.2, 0.25) is 5.91 Å². The van der Waals surface area contributed by atoms with Gasteiger partial charge in [0.05, 0.1) is 12.3 Å². The van der Waals surface area contributed by atoms with Gasteiger partial charge in [0.15, 0.2) is 0 Å². The molecule has 2 aromatic rings. The maximum atomic E-state index is 12.0. The second-order valence-corrected chi connectivity index (χ2v) is 4.82. The van der Waals surface area contributed by atoms with Gasteiger partial charge >= 0.3 is 0 Å². The lowest BCUT2D eigenvalue weighted by Gasteiger charge is -2.13. The first-order chi connectivity index (χ1) is 10.7. The van der Waals surface area contributed by atoms with E-state index in [0.29, 0.717) is 26.0 Å². The molecule has 0 saturated carbocycles. The molecule has 5 nitrogen and oxygen atoms in total. The molecule has 0 bridgehead atoms. The van der Waals surface area contributed by atoms with E-state index in [0.717, 1.165) is 22.6 Å². The Morgan fingerprint density at radius 1 is 1.29 bits per heavy atom. The number of pyridine rings is 1. The molecule has 0 fully saturated rings. The number of nitrogens with two attached hydrogens (primary N) is 1. The fourth-order valence-electron chi connectivity index (χ4n) is 2.13. The molecule has 1 amide bonds. The second-order valence-electron chi connectivity index (χ2n) is 4.82. The van der Waals surface area contributed by atoms with E-state index in [2.05, 4.69) is 10.3 Å². The van der Waals surface area contributed by atoms with Crippen LogP contribution in [-0.4, -0.2) is 24.0 Å². The standard InChI is InChI=1S/C17H21N3O2.2ClH/c1-2-22-14-7-8-15(13-5-4-10-19-12-13)16(11-14)20-17(21)6-3-9-18;;/h4-5,7-8,10-12H,2-3,6,9,18H2,1H3,(H,20,21);2*1H. The second kappa shape index (κ2) is 11.7. The Labute approximate surface area is 154 Å². The van der Waals surface area contributed by atoms with Crippen LogP contribution < -0.4 is 15.8 Å². The summed E-state index contributed by atoms with van der Waals surface area (Å²) in [5.41, 5.74) is 8.03. The summed E-state index contributed by atoms with van der Waals surface area (Å²) >= 11 is 0. The molecule has 24 heavy (non-hydrogen) atoms. The number of aromatic nitrogens is 1. The quantitative estimate of drug-likeness (QED) is 0.778. The first-order valence-corrected chi connectivity index (χ1v) is 7.41. The number of nitrogens with one attached hydrogen (secondary N) is 1. The van der Waals surface area contributed by atoms with Gasteiger partial charge in [-0.2, -0.15) is 0 Å². The number of rotatable bonds is 7. The molecule has 1 heterocycles. The van der Waals surface area contributed by atoms with E-state index in [1.54, 1.807) is 12.4 Å². The summed E-state index contributed by atoms with van der Waals surface area (Å²) in [6, 6.07) is 9.48. The van der Waals surface area contributed by atoms with Gasteiger partial charge in [-0.15, -0.1) is 24.8 Å². The third-order valence-corrected chi connectivity index (χ3v) is 3.16. The van der Waals surface area contributed by atoms with Crippen LogP contribution in [0.3, 0.4) is 0 Å². The van der Waals surface area contributed by atoms with Gasteiger partial charge in [0, 0.05) is 36.0 Å². The molecule has 0 spiro atoms. The van der Waals surface area contributed by atoms with E-state index < -0.39 is 0 Å². The number of ether oxygens (including phenoxy) is 1. The van der Waals surface area contributed by atoms with E-state index in [-0.39, 0.29) is 30.7 Å². The Morgan fingerprint density at radius 3 is 2.71 bits per heavy atom. The lowest BCUT2D eigenvalue weighted by Crippen LogP contribution is -2.14. The van der Waals surface area contributed by atoms with Crippen molar-refractivity contribution in [3.8, 4) is 16.9 Å². The fraction of sp³-hybridized carbons (Fsp3) is 0.294. The SMILES string of the molecule is CCOc1ccc(-c2cccnc2)c(NC(=O)CCCN)c1.Cl.Cl. The molecular weight excluding hydrogens is 349 g/mol. The summed E-state index contributed by atoms with van der Waals surface area (Å²) in [6.45, 7) is 3.00. The minimum absolute atomic E-state index is 0. The lowest BCUT2D eigenvalue weighted by atomic mass is 10.0. The molecule has 0 radical (unpaired) electrons. The topological polar surface area (TPSA) is 77.2 Å². The maximum absolute atomic E-state index is 12.0. The monoisotopic (exact) mass is 371 g/mol. The lowest BCUT2D eigenvalue weighted by molar-refractivity contribution is -0.116. The Morgan fingerprint density at radius 2 is 2.08 bits per heavy atom. The Kier molecular flexibility index (Phi) is 10.8. The molecule has 0 aliphatic heterocycles. The highest BCUT2D eigenvalue weighted by Crippen LogP contribution is 2.31. The van der Waals surface area contributed by atoms with Crippen LogP contribution in [0.15, 0.2) is 42.7 Å². The van der Waals surface area contributed by atoms with E-state index in [9.17, 15) is 4.79 Å². The van der Waals surface area contributed by atoms with E-state index in [1.165, 1.54) is 0 Å². The fourth-order valence-corrected chi connectivity index (χ4v) is 2.13. The van der Waals surface area contributed by atoms with Crippen molar-refractivity contribution in [1.82, 2.24) is 4.98 Å². The molecule has 1 aromatic carbocycles. The largest absolute Gasteiger partial charge is 0.494 e. The third kappa shape index (κ3) is 6.35. The van der Waals surface area contributed by atoms with Crippen LogP contribution in [0, 0.1) is 0 Å². The van der Waals surface area contributed by atoms with Crippen molar-refractivity contribution in [3.63, 3.8) is 0 Å². The molecule has 3 N–H and O–H groups in total. The normalized spacial score (nSPS) is 9.42. The van der Waals surface area contributed by atoms with Crippen molar-refractivity contribution in [1.29, 1.82) is 0 Å². The predicted molar refractivity (Wildman–Crippen MR) is 102 cm³/mol. The summed E-state index contributed by atoms with van der Waals surface area (Å²) in [5, 5.41) is 2.94. The number of anilines is 1. The number of amides is 1. The van der Waals surface area contributed by atoms with Gasteiger partial charge in [-0.25, -0.2) is 0 Å². The summed E-state index contributed by atoms with van der Waals surface area (Å²) < 4.78 is 5.51. The Balaban J connectivity index is 0.00000264. The summed E-state index contributed by atoms with van der Waals surface area (Å²) in [5.74, 6) is 0.675. The van der Waals surface area contributed by atoms with Crippen molar-refractivity contribution in [2.75, 3.05) is 18.5 Å². The Bertz CT molecular complexity index is 624. The summed E-state index contributed by atoms with van der Waals surface area (Å²) in [7, 11) is 0. The maximum Gasteiger partial charge on any atom is 0.224 e. The first kappa shape index (κ1) is 22.2. The number of nitrogens with zero attached hydrogens (tertiary/aromatic N) is 1. The molecule has 0 atom stereocenters. The molecule has 2 rings (SSSR count). The number of hydrogen-bond acceptors (Lipinski definition) is 4. The number of carbonyl (C=O) groups is 1. The van der Waals surface area contributed by atoms with Crippen molar-refractivity contribution < 1.29 is 9.53 Å². The van der Waals surface area contributed by atoms with Crippen molar-refractivity contribution in [2.24, 2.45) is 5.73 Å². The van der Waals surface area contributed by atoms with Crippen LogP contribution in [-0.2, 0) is 4.79 Å². The van der Waals surface area contributed by atoms with Crippen molar-refractivity contribution >= 4 is 36.4 Å². The van der Waals surface area contributed by atoms with Gasteiger partial charge in [0.1, 0.15) is 5.75 Å². The minimum Gasteiger partial charge on any atom is -0.494 e. The third-order valence-electron chi connectivity index (χ3n) is 3.16. The highest BCUT2D eigenvalue weighted by molar-refractivity contribution is 5.95. The number of benzene rings is 1. The van der Waals surface area contributed by atoms with Gasteiger partial charge in [-0.3, -0.25) is 9.78 Å². The van der Waals surface area contributed by atoms with Crippen LogP contribution in [0.1, 0.15) is 19.8 Å². The first-order valence-electron chi connectivity index (χ1n) is 7.41. The van der Waals surface area contributed by atoms with Gasteiger partial charge < -0.3 is 15.8 Å². The number of carbonyl (C=O) groups excluding carboxylic acids is 1. The van der Waals surface area contributed by atoms with Gasteiger partial charge in [0.25, 0.3) is 0 Å². The summed E-state index contributed by atoms with van der Waals surface area (Å²) in [4.78, 5) is 16.1. The smallest absolute Gasteiger partial charge is 0.224 e. The van der Waals surface area contributed by atoms with Crippen LogP contribution in [0.2, 0.25) is 0 Å². The van der Waals surface area contributed by atoms with E-state index in [1.807, 2.05) is 37.3 Å². The van der Waals surface area contributed by atoms with E-state index in [4.69, 9.17) is 10.5 Å². The van der Waals surface area contributed by atoms with E-state index >= 15 is 0 Å². The van der Waals surface area contributed by atoms with Gasteiger partial charge in [-0.1, -0.05) is 6.07 Å². The Hall–Kier alpha value is -1.82. The zero-order valence-electron chi connectivity index (χ0n) is 13.5. The average molecular weight is 372 g/mol. The molecule has 132 valence electrons. The van der Waals surface area contributed by atoms with Crippen LogP contribution in [0.4, 0.5) is 5.69 Å². The van der Waals surface area contributed by atoms with Crippen molar-refractivity contribution in [2.45, 2.75) is 19.8 Å². The zero-order chi connectivity index (χ0) is 15.8. The molecular formula is C17H23Cl2N3O2. The zero-order valence-corrected chi connectivity index (χ0v) is 15.2. The number of halogens is 2. The molecule has 7 heteroatoms. The minimum atomic E-state index is -0.0516. The molecule has 0 saturated heterocycles. The van der Waals surface area contributed by atoms with Crippen LogP contribution in [0.5, 0.6) is 5.75 Å².